The van der Waals surface area contributed by atoms with Crippen molar-refractivity contribution in [3.63, 3.8) is 0 Å². The minimum atomic E-state index is 0.468. The van der Waals surface area contributed by atoms with E-state index in [9.17, 15) is 0 Å². The predicted octanol–water partition coefficient (Wildman–Crippen LogP) is 2.97. The smallest absolute Gasteiger partial charge is 0.134 e. The van der Waals surface area contributed by atoms with Crippen LogP contribution < -0.4 is 10.6 Å². The average molecular weight is 258 g/mol. The second-order valence-electron chi connectivity index (χ2n) is 5.72. The third-order valence-corrected chi connectivity index (χ3v) is 3.64. The minimum absolute atomic E-state index is 0.468. The molecule has 0 saturated heterocycles. The zero-order chi connectivity index (χ0) is 13.2. The van der Waals surface area contributed by atoms with E-state index >= 15 is 0 Å². The Balaban J connectivity index is 1.55. The first kappa shape index (κ1) is 12.7. The molecule has 2 N–H and O–H groups in total. The van der Waals surface area contributed by atoms with Crippen molar-refractivity contribution in [3.8, 4) is 0 Å². The Bertz CT molecular complexity index is 557. The molecular formula is C16H22N2O. The van der Waals surface area contributed by atoms with Crippen LogP contribution in [-0.4, -0.2) is 18.6 Å². The molecule has 1 fully saturated rings. The molecule has 1 aliphatic carbocycles. The van der Waals surface area contributed by atoms with Gasteiger partial charge < -0.3 is 15.1 Å². The van der Waals surface area contributed by atoms with E-state index in [-0.39, 0.29) is 0 Å². The molecule has 1 heterocycles. The topological polar surface area (TPSA) is 37.2 Å². The van der Waals surface area contributed by atoms with E-state index in [1.807, 2.05) is 6.07 Å². The number of aryl methyl sites for hydroxylation is 1. The lowest BCUT2D eigenvalue weighted by Crippen LogP contribution is -2.36. The third kappa shape index (κ3) is 3.37. The molecule has 1 saturated carbocycles. The highest BCUT2D eigenvalue weighted by molar-refractivity contribution is 5.78. The van der Waals surface area contributed by atoms with Gasteiger partial charge >= 0.3 is 0 Å². The third-order valence-electron chi connectivity index (χ3n) is 3.64. The van der Waals surface area contributed by atoms with Gasteiger partial charge in [-0.1, -0.05) is 11.6 Å². The molecule has 3 rings (SSSR count). The highest BCUT2D eigenvalue weighted by Crippen LogP contribution is 2.20. The Morgan fingerprint density at radius 3 is 2.95 bits per heavy atom. The summed E-state index contributed by atoms with van der Waals surface area (Å²) in [7, 11) is 0. The molecule has 19 heavy (non-hydrogen) atoms. The summed E-state index contributed by atoms with van der Waals surface area (Å²) in [6.45, 7) is 6.14. The standard InChI is InChI=1S/C16H22N2O/c1-11-3-6-16-13(7-11)8-15(19-16)10-17-12(2)9-18-14-4-5-14/h3,6-8,12,14,17-18H,4-5,9-10H2,1-2H3. The first-order valence-corrected chi connectivity index (χ1v) is 7.16. The summed E-state index contributed by atoms with van der Waals surface area (Å²) in [6, 6.07) is 9.68. The van der Waals surface area contributed by atoms with Crippen molar-refractivity contribution in [1.29, 1.82) is 0 Å². The number of hydrogen-bond acceptors (Lipinski definition) is 3. The van der Waals surface area contributed by atoms with E-state index in [4.69, 9.17) is 4.42 Å². The van der Waals surface area contributed by atoms with Gasteiger partial charge in [0, 0.05) is 24.0 Å². The quantitative estimate of drug-likeness (QED) is 0.836. The summed E-state index contributed by atoms with van der Waals surface area (Å²) in [5.41, 5.74) is 2.25. The number of rotatable bonds is 6. The van der Waals surface area contributed by atoms with Crippen LogP contribution in [0.3, 0.4) is 0 Å². The van der Waals surface area contributed by atoms with E-state index < -0.39 is 0 Å². The maximum Gasteiger partial charge on any atom is 0.134 e. The minimum Gasteiger partial charge on any atom is -0.460 e. The van der Waals surface area contributed by atoms with Crippen LogP contribution in [0.1, 0.15) is 31.1 Å². The van der Waals surface area contributed by atoms with Crippen molar-refractivity contribution in [2.24, 2.45) is 0 Å². The Labute approximate surface area is 114 Å². The molecule has 0 amide bonds. The largest absolute Gasteiger partial charge is 0.460 e. The molecule has 1 aromatic heterocycles. The van der Waals surface area contributed by atoms with Gasteiger partial charge in [0.15, 0.2) is 0 Å². The Morgan fingerprint density at radius 1 is 1.32 bits per heavy atom. The van der Waals surface area contributed by atoms with Crippen LogP contribution in [0, 0.1) is 6.92 Å². The van der Waals surface area contributed by atoms with Crippen molar-refractivity contribution in [3.05, 3.63) is 35.6 Å². The van der Waals surface area contributed by atoms with E-state index in [0.717, 1.165) is 30.5 Å². The maximum atomic E-state index is 5.83. The Morgan fingerprint density at radius 2 is 2.16 bits per heavy atom. The first-order chi connectivity index (χ1) is 9.20. The average Bonchev–Trinajstić information content (AvgIpc) is 3.13. The van der Waals surface area contributed by atoms with Crippen molar-refractivity contribution in [2.45, 2.75) is 45.3 Å². The normalized spacial score (nSPS) is 16.9. The molecular weight excluding hydrogens is 236 g/mol. The SMILES string of the molecule is Cc1ccc2oc(CNC(C)CNC3CC3)cc2c1. The summed E-state index contributed by atoms with van der Waals surface area (Å²) in [4.78, 5) is 0. The molecule has 1 aromatic carbocycles. The summed E-state index contributed by atoms with van der Waals surface area (Å²) in [6.07, 6.45) is 2.69. The van der Waals surface area contributed by atoms with Crippen molar-refractivity contribution in [1.82, 2.24) is 10.6 Å². The van der Waals surface area contributed by atoms with Gasteiger partial charge in [0.2, 0.25) is 0 Å². The molecule has 102 valence electrons. The fraction of sp³-hybridized carbons (Fsp3) is 0.500. The van der Waals surface area contributed by atoms with Gasteiger partial charge in [-0.2, -0.15) is 0 Å². The molecule has 0 aliphatic heterocycles. The van der Waals surface area contributed by atoms with Gasteiger partial charge in [-0.05, 0) is 44.9 Å². The second-order valence-corrected chi connectivity index (χ2v) is 5.72. The highest BCUT2D eigenvalue weighted by atomic mass is 16.3. The molecule has 1 atom stereocenters. The molecule has 0 radical (unpaired) electrons. The molecule has 1 aliphatic rings. The lowest BCUT2D eigenvalue weighted by atomic mass is 10.2. The molecule has 0 bridgehead atoms. The van der Waals surface area contributed by atoms with Crippen LogP contribution in [-0.2, 0) is 6.54 Å². The number of benzene rings is 1. The van der Waals surface area contributed by atoms with Crippen molar-refractivity contribution >= 4 is 11.0 Å². The van der Waals surface area contributed by atoms with Gasteiger partial charge in [0.05, 0.1) is 6.54 Å². The van der Waals surface area contributed by atoms with Gasteiger partial charge in [-0.25, -0.2) is 0 Å². The van der Waals surface area contributed by atoms with Gasteiger partial charge in [-0.3, -0.25) is 0 Å². The van der Waals surface area contributed by atoms with Crippen LogP contribution in [0.15, 0.2) is 28.7 Å². The lowest BCUT2D eigenvalue weighted by Gasteiger charge is -2.13. The highest BCUT2D eigenvalue weighted by Gasteiger charge is 2.20. The first-order valence-electron chi connectivity index (χ1n) is 7.16. The number of fused-ring (bicyclic) bond motifs is 1. The molecule has 3 heteroatoms. The van der Waals surface area contributed by atoms with E-state index in [2.05, 4.69) is 42.7 Å². The summed E-state index contributed by atoms with van der Waals surface area (Å²) in [5.74, 6) is 1.01. The van der Waals surface area contributed by atoms with Crippen LogP contribution in [0.5, 0.6) is 0 Å². The summed E-state index contributed by atoms with van der Waals surface area (Å²) >= 11 is 0. The molecule has 1 unspecified atom stereocenters. The summed E-state index contributed by atoms with van der Waals surface area (Å²) < 4.78 is 5.83. The van der Waals surface area contributed by atoms with Gasteiger partial charge in [-0.15, -0.1) is 0 Å². The zero-order valence-electron chi connectivity index (χ0n) is 11.7. The fourth-order valence-electron chi connectivity index (χ4n) is 2.28. The lowest BCUT2D eigenvalue weighted by molar-refractivity contribution is 0.455. The van der Waals surface area contributed by atoms with Crippen LogP contribution in [0.2, 0.25) is 0 Å². The zero-order valence-corrected chi connectivity index (χ0v) is 11.7. The molecule has 2 aromatic rings. The predicted molar refractivity (Wildman–Crippen MR) is 78.3 cm³/mol. The Kier molecular flexibility index (Phi) is 3.58. The van der Waals surface area contributed by atoms with E-state index in [1.54, 1.807) is 0 Å². The number of hydrogen-bond donors (Lipinski definition) is 2. The maximum absolute atomic E-state index is 5.83. The summed E-state index contributed by atoms with van der Waals surface area (Å²) in [5, 5.41) is 8.23. The van der Waals surface area contributed by atoms with Crippen LogP contribution in [0.4, 0.5) is 0 Å². The van der Waals surface area contributed by atoms with Crippen LogP contribution in [0.25, 0.3) is 11.0 Å². The van der Waals surface area contributed by atoms with Gasteiger partial charge in [0.25, 0.3) is 0 Å². The number of furan rings is 1. The van der Waals surface area contributed by atoms with Crippen molar-refractivity contribution in [2.75, 3.05) is 6.54 Å². The second kappa shape index (κ2) is 5.35. The van der Waals surface area contributed by atoms with E-state index in [1.165, 1.54) is 23.8 Å². The fourth-order valence-corrected chi connectivity index (χ4v) is 2.28. The van der Waals surface area contributed by atoms with Crippen LogP contribution >= 0.6 is 0 Å². The molecule has 3 nitrogen and oxygen atoms in total. The molecule has 0 spiro atoms. The monoisotopic (exact) mass is 258 g/mol. The van der Waals surface area contributed by atoms with Crippen molar-refractivity contribution < 1.29 is 4.42 Å². The van der Waals surface area contributed by atoms with Gasteiger partial charge in [0.1, 0.15) is 11.3 Å². The number of nitrogens with one attached hydrogen (secondary N) is 2. The Hall–Kier alpha value is -1.32. The van der Waals surface area contributed by atoms with E-state index in [0.29, 0.717) is 6.04 Å².